The Morgan fingerprint density at radius 2 is 2.05 bits per heavy atom. The van der Waals surface area contributed by atoms with Crippen LogP contribution < -0.4 is 5.69 Å². The predicted molar refractivity (Wildman–Crippen MR) is 69.5 cm³/mol. The number of nitrogens with zero attached hydrogens (tertiary/aromatic N) is 3. The summed E-state index contributed by atoms with van der Waals surface area (Å²) in [5.74, 6) is -0.707. The molecule has 0 amide bonds. The summed E-state index contributed by atoms with van der Waals surface area (Å²) in [5.41, 5.74) is -0.142. The van der Waals surface area contributed by atoms with E-state index in [-0.39, 0.29) is 27.0 Å². The molecule has 5 nitrogen and oxygen atoms in total. The third kappa shape index (κ3) is 1.80. The highest BCUT2D eigenvalue weighted by molar-refractivity contribution is 6.33. The van der Waals surface area contributed by atoms with Gasteiger partial charge in [-0.15, -0.1) is 0 Å². The van der Waals surface area contributed by atoms with Gasteiger partial charge in [-0.3, -0.25) is 0 Å². The Labute approximate surface area is 115 Å². The van der Waals surface area contributed by atoms with Crippen LogP contribution in [0.25, 0.3) is 16.9 Å². The lowest BCUT2D eigenvalue weighted by atomic mass is 10.3. The average molecular weight is 299 g/mol. The van der Waals surface area contributed by atoms with E-state index in [9.17, 15) is 9.18 Å². The monoisotopic (exact) mass is 298 g/mol. The smallest absolute Gasteiger partial charge is 0.301 e. The number of fused-ring (bicyclic) bond motifs is 1. The number of aromatic nitrogens is 4. The Morgan fingerprint density at radius 3 is 2.84 bits per heavy atom. The molecule has 0 bridgehead atoms. The van der Waals surface area contributed by atoms with Crippen LogP contribution in [-0.4, -0.2) is 19.5 Å². The lowest BCUT2D eigenvalue weighted by Gasteiger charge is -2.05. The lowest BCUT2D eigenvalue weighted by molar-refractivity contribution is 0.618. The van der Waals surface area contributed by atoms with Gasteiger partial charge in [0.05, 0.1) is 10.7 Å². The summed E-state index contributed by atoms with van der Waals surface area (Å²) in [6, 6.07) is 4.35. The zero-order valence-electron chi connectivity index (χ0n) is 9.19. The maximum absolute atomic E-state index is 14.0. The molecule has 0 aliphatic carbocycles. The fraction of sp³-hybridized carbons (Fsp3) is 0. The number of aromatic amines is 1. The predicted octanol–water partition coefficient (Wildman–Crippen LogP) is 2.55. The van der Waals surface area contributed by atoms with Crippen molar-refractivity contribution in [3.8, 4) is 5.69 Å². The van der Waals surface area contributed by atoms with Crippen LogP contribution in [0, 0.1) is 5.82 Å². The van der Waals surface area contributed by atoms with E-state index in [1.807, 2.05) is 0 Å². The minimum absolute atomic E-state index is 0.00137. The van der Waals surface area contributed by atoms with Gasteiger partial charge in [0.2, 0.25) is 0 Å². The molecule has 0 fully saturated rings. The molecule has 2 heterocycles. The molecule has 1 aromatic carbocycles. The first-order valence-corrected chi connectivity index (χ1v) is 5.91. The summed E-state index contributed by atoms with van der Waals surface area (Å²) >= 11 is 11.6. The van der Waals surface area contributed by atoms with E-state index in [1.54, 1.807) is 0 Å². The molecule has 3 aromatic rings. The zero-order chi connectivity index (χ0) is 13.6. The highest BCUT2D eigenvalue weighted by Crippen LogP contribution is 2.23. The standard InChI is InChI=1S/C11H5Cl2FN4O/c12-5-2-1-3-6(7(5)14)18-10-8(17-11(18)19)9(13)15-4-16-10/h1-4H,(H,17,19). The van der Waals surface area contributed by atoms with Gasteiger partial charge in [0.1, 0.15) is 11.8 Å². The number of imidazole rings is 1. The molecule has 19 heavy (non-hydrogen) atoms. The number of halogens is 3. The molecular weight excluding hydrogens is 294 g/mol. The molecule has 0 saturated carbocycles. The Bertz CT molecular complexity index is 842. The van der Waals surface area contributed by atoms with E-state index >= 15 is 0 Å². The second-order valence-electron chi connectivity index (χ2n) is 3.70. The first-order chi connectivity index (χ1) is 9.09. The second-order valence-corrected chi connectivity index (χ2v) is 4.47. The van der Waals surface area contributed by atoms with E-state index in [1.165, 1.54) is 24.5 Å². The van der Waals surface area contributed by atoms with Crippen molar-refractivity contribution in [3.05, 3.63) is 51.0 Å². The Hall–Kier alpha value is -1.92. The van der Waals surface area contributed by atoms with E-state index in [2.05, 4.69) is 15.0 Å². The summed E-state index contributed by atoms with van der Waals surface area (Å²) < 4.78 is 15.1. The van der Waals surface area contributed by atoms with Crippen molar-refractivity contribution in [1.29, 1.82) is 0 Å². The topological polar surface area (TPSA) is 63.6 Å². The highest BCUT2D eigenvalue weighted by Gasteiger charge is 2.17. The normalized spacial score (nSPS) is 11.1. The van der Waals surface area contributed by atoms with Gasteiger partial charge in [-0.1, -0.05) is 29.3 Å². The molecule has 96 valence electrons. The van der Waals surface area contributed by atoms with Crippen LogP contribution in [0.5, 0.6) is 0 Å². The first kappa shape index (κ1) is 12.1. The van der Waals surface area contributed by atoms with Gasteiger partial charge in [-0.25, -0.2) is 23.7 Å². The molecule has 8 heteroatoms. The number of hydrogen-bond donors (Lipinski definition) is 1. The Morgan fingerprint density at radius 1 is 1.26 bits per heavy atom. The number of nitrogens with one attached hydrogen (secondary N) is 1. The van der Waals surface area contributed by atoms with Crippen molar-refractivity contribution in [2.75, 3.05) is 0 Å². The molecule has 0 radical (unpaired) electrons. The summed E-state index contributed by atoms with van der Waals surface area (Å²) in [6.45, 7) is 0. The van der Waals surface area contributed by atoms with E-state index in [0.29, 0.717) is 0 Å². The maximum Gasteiger partial charge on any atom is 0.332 e. The SMILES string of the molecule is O=c1[nH]c2c(Cl)ncnc2n1-c1cccc(Cl)c1F. The number of rotatable bonds is 1. The fourth-order valence-corrected chi connectivity index (χ4v) is 2.13. The van der Waals surface area contributed by atoms with E-state index in [4.69, 9.17) is 23.2 Å². The third-order valence-electron chi connectivity index (χ3n) is 2.60. The number of benzene rings is 1. The van der Waals surface area contributed by atoms with Crippen molar-refractivity contribution in [2.24, 2.45) is 0 Å². The minimum Gasteiger partial charge on any atom is -0.301 e. The molecule has 1 N–H and O–H groups in total. The van der Waals surface area contributed by atoms with Crippen molar-refractivity contribution in [2.45, 2.75) is 0 Å². The van der Waals surface area contributed by atoms with Crippen LogP contribution in [0.4, 0.5) is 4.39 Å². The van der Waals surface area contributed by atoms with E-state index < -0.39 is 11.5 Å². The first-order valence-electron chi connectivity index (χ1n) is 5.15. The number of H-pyrrole nitrogens is 1. The molecule has 0 aliphatic rings. The van der Waals surface area contributed by atoms with Gasteiger partial charge in [0, 0.05) is 0 Å². The molecule has 0 saturated heterocycles. The van der Waals surface area contributed by atoms with Crippen molar-refractivity contribution in [3.63, 3.8) is 0 Å². The summed E-state index contributed by atoms with van der Waals surface area (Å²) in [7, 11) is 0. The Balaban J connectivity index is 2.44. The molecule has 0 aliphatic heterocycles. The molecule has 0 unspecified atom stereocenters. The largest absolute Gasteiger partial charge is 0.332 e. The third-order valence-corrected chi connectivity index (χ3v) is 3.18. The van der Waals surface area contributed by atoms with Crippen LogP contribution >= 0.6 is 23.2 Å². The van der Waals surface area contributed by atoms with E-state index in [0.717, 1.165) is 4.57 Å². The van der Waals surface area contributed by atoms with Crippen molar-refractivity contribution >= 4 is 34.4 Å². The molecule has 3 rings (SSSR count). The van der Waals surface area contributed by atoms with Gasteiger partial charge in [-0.2, -0.15) is 0 Å². The minimum atomic E-state index is -0.707. The van der Waals surface area contributed by atoms with Gasteiger partial charge in [-0.05, 0) is 12.1 Å². The zero-order valence-corrected chi connectivity index (χ0v) is 10.7. The molecule has 0 spiro atoms. The highest BCUT2D eigenvalue weighted by atomic mass is 35.5. The van der Waals surface area contributed by atoms with Crippen LogP contribution in [0.2, 0.25) is 10.2 Å². The fourth-order valence-electron chi connectivity index (χ4n) is 1.78. The van der Waals surface area contributed by atoms with Crippen LogP contribution in [0.15, 0.2) is 29.3 Å². The second kappa shape index (κ2) is 4.32. The van der Waals surface area contributed by atoms with Crippen LogP contribution in [-0.2, 0) is 0 Å². The maximum atomic E-state index is 14.0. The quantitative estimate of drug-likeness (QED) is 0.702. The average Bonchev–Trinajstić information content (AvgIpc) is 2.71. The summed E-state index contributed by atoms with van der Waals surface area (Å²) in [5, 5.41) is 0.00203. The number of hydrogen-bond acceptors (Lipinski definition) is 3. The molecule has 0 atom stereocenters. The molecular formula is C11H5Cl2FN4O. The van der Waals surface area contributed by atoms with Crippen molar-refractivity contribution < 1.29 is 4.39 Å². The molecule has 2 aromatic heterocycles. The summed E-state index contributed by atoms with van der Waals surface area (Å²) in [4.78, 5) is 22.1. The van der Waals surface area contributed by atoms with Gasteiger partial charge in [0.15, 0.2) is 16.6 Å². The van der Waals surface area contributed by atoms with Crippen LogP contribution in [0.3, 0.4) is 0 Å². The van der Waals surface area contributed by atoms with Crippen molar-refractivity contribution in [1.82, 2.24) is 19.5 Å². The lowest BCUT2D eigenvalue weighted by Crippen LogP contribution is -2.16. The van der Waals surface area contributed by atoms with Gasteiger partial charge in [0.25, 0.3) is 0 Å². The van der Waals surface area contributed by atoms with Gasteiger partial charge >= 0.3 is 5.69 Å². The van der Waals surface area contributed by atoms with Gasteiger partial charge < -0.3 is 4.98 Å². The van der Waals surface area contributed by atoms with Crippen LogP contribution in [0.1, 0.15) is 0 Å². The Kier molecular flexibility index (Phi) is 2.76. The summed E-state index contributed by atoms with van der Waals surface area (Å²) in [6.07, 6.45) is 1.19.